The van der Waals surface area contributed by atoms with Crippen molar-refractivity contribution in [1.82, 2.24) is 5.32 Å². The molecular formula is C23H30N4O4S. The second-order valence-corrected chi connectivity index (χ2v) is 12.5. The zero-order valence-corrected chi connectivity index (χ0v) is 19.5. The lowest BCUT2D eigenvalue weighted by Crippen LogP contribution is -2.58. The van der Waals surface area contributed by atoms with Crippen LogP contribution in [0.25, 0.3) is 0 Å². The number of sulfone groups is 1. The molecule has 1 aromatic carbocycles. The number of methoxy groups -OCH3 is 1. The van der Waals surface area contributed by atoms with Crippen LogP contribution in [0, 0.1) is 34.6 Å². The van der Waals surface area contributed by atoms with E-state index in [9.17, 15) is 18.5 Å². The third kappa shape index (κ3) is 3.45. The van der Waals surface area contributed by atoms with Crippen molar-refractivity contribution in [1.29, 1.82) is 5.26 Å². The van der Waals surface area contributed by atoms with E-state index in [0.717, 1.165) is 19.3 Å². The number of nitriles is 1. The first-order chi connectivity index (χ1) is 15.0. The van der Waals surface area contributed by atoms with Gasteiger partial charge in [-0.25, -0.2) is 8.42 Å². The molecule has 3 N–H and O–H groups in total. The first-order valence-electron chi connectivity index (χ1n) is 11.0. The molecule has 2 unspecified atom stereocenters. The van der Waals surface area contributed by atoms with Crippen molar-refractivity contribution in [3.8, 4) is 11.9 Å². The van der Waals surface area contributed by atoms with Crippen LogP contribution in [-0.4, -0.2) is 38.1 Å². The molecule has 4 aliphatic carbocycles. The number of ether oxygens (including phenoxy) is 1. The number of carbonyl (C=O) groups is 1. The maximum Gasteiger partial charge on any atom is 0.223 e. The number of primary amides is 1. The summed E-state index contributed by atoms with van der Waals surface area (Å²) in [6.07, 6.45) is 6.03. The molecule has 4 saturated carbocycles. The van der Waals surface area contributed by atoms with E-state index in [4.69, 9.17) is 15.5 Å². The van der Waals surface area contributed by atoms with Gasteiger partial charge in [0.15, 0.2) is 16.0 Å². The first kappa shape index (κ1) is 22.6. The lowest BCUT2D eigenvalue weighted by molar-refractivity contribution is -0.144. The second-order valence-electron chi connectivity index (χ2n) is 10.0. The van der Waals surface area contributed by atoms with E-state index in [-0.39, 0.29) is 34.5 Å². The summed E-state index contributed by atoms with van der Waals surface area (Å²) in [5, 5.41) is 12.0. The number of benzene rings is 1. The summed E-state index contributed by atoms with van der Waals surface area (Å²) in [4.78, 5) is 17.2. The van der Waals surface area contributed by atoms with Crippen molar-refractivity contribution in [2.75, 3.05) is 7.11 Å². The van der Waals surface area contributed by atoms with E-state index in [0.29, 0.717) is 24.5 Å². The highest BCUT2D eigenvalue weighted by Gasteiger charge is 2.58. The van der Waals surface area contributed by atoms with E-state index in [2.05, 4.69) is 5.32 Å². The molecule has 4 fully saturated rings. The highest BCUT2D eigenvalue weighted by Crippen LogP contribution is 2.60. The molecule has 4 bridgehead atoms. The summed E-state index contributed by atoms with van der Waals surface area (Å²) < 4.78 is 30.7. The minimum absolute atomic E-state index is 0.125. The van der Waals surface area contributed by atoms with Crippen molar-refractivity contribution in [2.45, 2.75) is 61.6 Å². The molecule has 1 aromatic rings. The molecule has 0 spiro atoms. The Morgan fingerprint density at radius 1 is 1.22 bits per heavy atom. The molecule has 0 heterocycles. The lowest BCUT2D eigenvalue weighted by atomic mass is 9.48. The van der Waals surface area contributed by atoms with Crippen molar-refractivity contribution in [3.05, 3.63) is 24.3 Å². The maximum atomic E-state index is 13.5. The average Bonchev–Trinajstić information content (AvgIpc) is 2.74. The fourth-order valence-corrected chi connectivity index (χ4v) is 7.67. The van der Waals surface area contributed by atoms with Gasteiger partial charge in [0.2, 0.25) is 5.91 Å². The highest BCUT2D eigenvalue weighted by atomic mass is 32.2. The van der Waals surface area contributed by atoms with Crippen LogP contribution in [0.1, 0.15) is 46.0 Å². The topological polar surface area (TPSA) is 135 Å². The van der Waals surface area contributed by atoms with Gasteiger partial charge in [-0.2, -0.15) is 5.26 Å². The third-order valence-electron chi connectivity index (χ3n) is 7.81. The molecule has 0 saturated heterocycles. The van der Waals surface area contributed by atoms with Crippen molar-refractivity contribution in [3.63, 3.8) is 0 Å². The number of amidine groups is 1. The van der Waals surface area contributed by atoms with Gasteiger partial charge >= 0.3 is 0 Å². The second kappa shape index (κ2) is 7.77. The molecule has 32 heavy (non-hydrogen) atoms. The number of rotatable bonds is 6. The van der Waals surface area contributed by atoms with Gasteiger partial charge in [0.1, 0.15) is 16.3 Å². The molecule has 5 rings (SSSR count). The molecule has 9 heteroatoms. The fourth-order valence-electron chi connectivity index (χ4n) is 6.23. The molecule has 4 aliphatic rings. The van der Waals surface area contributed by atoms with E-state index in [1.807, 2.05) is 6.19 Å². The smallest absolute Gasteiger partial charge is 0.223 e. The minimum Gasteiger partial charge on any atom is -0.497 e. The summed E-state index contributed by atoms with van der Waals surface area (Å²) in [7, 11) is -2.34. The number of nitrogens with zero attached hydrogens (tertiary/aromatic N) is 2. The van der Waals surface area contributed by atoms with Crippen molar-refractivity contribution in [2.24, 2.45) is 33.9 Å². The number of aliphatic imine (C=N–C) groups is 1. The summed E-state index contributed by atoms with van der Waals surface area (Å²) in [6.45, 7) is 3.13. The molecule has 0 radical (unpaired) electrons. The number of nitrogens with one attached hydrogen (secondary N) is 1. The van der Waals surface area contributed by atoms with Crippen LogP contribution in [0.5, 0.6) is 5.75 Å². The Hall–Kier alpha value is -2.60. The highest BCUT2D eigenvalue weighted by molar-refractivity contribution is 7.93. The van der Waals surface area contributed by atoms with Crippen LogP contribution in [-0.2, 0) is 14.6 Å². The largest absolute Gasteiger partial charge is 0.497 e. The molecule has 8 nitrogen and oxygen atoms in total. The first-order valence-corrected chi connectivity index (χ1v) is 12.4. The van der Waals surface area contributed by atoms with Gasteiger partial charge in [0, 0.05) is 5.41 Å². The van der Waals surface area contributed by atoms with Gasteiger partial charge in [-0.05, 0) is 88.0 Å². The van der Waals surface area contributed by atoms with Gasteiger partial charge in [-0.1, -0.05) is 0 Å². The quantitative estimate of drug-likeness (QED) is 0.291. The van der Waals surface area contributed by atoms with E-state index >= 15 is 0 Å². The van der Waals surface area contributed by atoms with E-state index in [1.54, 1.807) is 26.0 Å². The van der Waals surface area contributed by atoms with Gasteiger partial charge in [0.25, 0.3) is 0 Å². The average molecular weight is 459 g/mol. The predicted molar refractivity (Wildman–Crippen MR) is 119 cm³/mol. The molecule has 172 valence electrons. The Kier molecular flexibility index (Phi) is 5.48. The standard InChI is InChI=1S/C23H30N4O4S/c1-22(2,32(29,30)18-6-4-17(31-3)5-7-18)21(26-13-24)27-19-15-8-14-9-16(19)12-23(10-14,11-15)20(25)28/h4-7,14-16,19H,8-12H2,1-3H3,(H2,25,28)(H,26,27). The molecule has 0 aromatic heterocycles. The predicted octanol–water partition coefficient (Wildman–Crippen LogP) is 2.40. The summed E-state index contributed by atoms with van der Waals surface area (Å²) in [6, 6.07) is 6.07. The Bertz CT molecular complexity index is 1070. The van der Waals surface area contributed by atoms with Gasteiger partial charge < -0.3 is 10.5 Å². The van der Waals surface area contributed by atoms with E-state index in [1.165, 1.54) is 19.2 Å². The summed E-state index contributed by atoms with van der Waals surface area (Å²) >= 11 is 0. The monoisotopic (exact) mass is 458 g/mol. The Labute approximate surface area is 189 Å². The van der Waals surface area contributed by atoms with Gasteiger partial charge in [0.05, 0.1) is 18.0 Å². The summed E-state index contributed by atoms with van der Waals surface area (Å²) in [5.74, 6) is 1.28. The fraction of sp³-hybridized carbons (Fsp3) is 0.609. The van der Waals surface area contributed by atoms with E-state index < -0.39 is 20.0 Å². The zero-order valence-electron chi connectivity index (χ0n) is 18.7. The number of amides is 1. The normalized spacial score (nSPS) is 31.8. The third-order valence-corrected chi connectivity index (χ3v) is 10.2. The van der Waals surface area contributed by atoms with Crippen LogP contribution in [0.15, 0.2) is 34.2 Å². The summed E-state index contributed by atoms with van der Waals surface area (Å²) in [5.41, 5.74) is 5.33. The molecule has 0 aliphatic heterocycles. The van der Waals surface area contributed by atoms with Gasteiger partial charge in [-0.3, -0.25) is 15.1 Å². The Balaban J connectivity index is 1.69. The van der Waals surface area contributed by atoms with Crippen molar-refractivity contribution >= 4 is 21.6 Å². The van der Waals surface area contributed by atoms with Crippen LogP contribution < -0.4 is 15.8 Å². The number of hydrogen-bond donors (Lipinski definition) is 2. The zero-order chi connectivity index (χ0) is 23.3. The lowest BCUT2D eigenvalue weighted by Gasteiger charge is -2.57. The van der Waals surface area contributed by atoms with Crippen LogP contribution in [0.3, 0.4) is 0 Å². The Morgan fingerprint density at radius 3 is 2.31 bits per heavy atom. The molecule has 2 atom stereocenters. The maximum absolute atomic E-state index is 13.5. The molecular weight excluding hydrogens is 428 g/mol. The number of carbonyl (C=O) groups excluding carboxylic acids is 1. The SMILES string of the molecule is COc1ccc(S(=O)(=O)C(C)(C)C(=NC2C3CC4CC2CC(C(N)=O)(C4)C3)NC#N)cc1. The van der Waals surface area contributed by atoms with Gasteiger partial charge in [-0.15, -0.1) is 0 Å². The van der Waals surface area contributed by atoms with Crippen LogP contribution in [0.4, 0.5) is 0 Å². The number of hydrogen-bond acceptors (Lipinski definition) is 6. The Morgan fingerprint density at radius 2 is 1.81 bits per heavy atom. The van der Waals surface area contributed by atoms with Crippen LogP contribution in [0.2, 0.25) is 0 Å². The minimum atomic E-state index is -3.86. The number of nitrogens with two attached hydrogens (primary N) is 1. The van der Waals surface area contributed by atoms with Crippen molar-refractivity contribution < 1.29 is 17.9 Å². The van der Waals surface area contributed by atoms with Crippen LogP contribution >= 0.6 is 0 Å². The molecule has 1 amide bonds.